The largest absolute Gasteiger partial charge is 0.375 e. The molecule has 1 aromatic carbocycles. The van der Waals surface area contributed by atoms with Crippen LogP contribution in [0.25, 0.3) is 0 Å². The van der Waals surface area contributed by atoms with Crippen LogP contribution >= 0.6 is 0 Å². The lowest BCUT2D eigenvalue weighted by Crippen LogP contribution is -2.28. The molecule has 19 heavy (non-hydrogen) atoms. The summed E-state index contributed by atoms with van der Waals surface area (Å²) < 4.78 is 0. The van der Waals surface area contributed by atoms with Crippen molar-refractivity contribution in [3.8, 4) is 0 Å². The summed E-state index contributed by atoms with van der Waals surface area (Å²) in [5, 5.41) is 16.4. The summed E-state index contributed by atoms with van der Waals surface area (Å²) in [5.41, 5.74) is 6.17. The molecule has 0 fully saturated rings. The van der Waals surface area contributed by atoms with Crippen LogP contribution in [0.4, 0.5) is 11.4 Å². The highest BCUT2D eigenvalue weighted by atomic mass is 16.6. The minimum absolute atomic E-state index is 0.0699. The van der Waals surface area contributed by atoms with Crippen molar-refractivity contribution in [2.45, 2.75) is 19.4 Å². The fourth-order valence-electron chi connectivity index (χ4n) is 1.64. The molecule has 0 aromatic heterocycles. The number of nitrogens with two attached hydrogens (primary N) is 1. The maximum atomic E-state index is 11.5. The molecule has 1 atom stereocenters. The first-order valence-corrected chi connectivity index (χ1v) is 6.00. The number of anilines is 1. The Labute approximate surface area is 111 Å². The van der Waals surface area contributed by atoms with Gasteiger partial charge in [0.1, 0.15) is 5.69 Å². The molecule has 0 aliphatic heterocycles. The number of hydrogen-bond donors (Lipinski definition) is 3. The van der Waals surface area contributed by atoms with Gasteiger partial charge in [-0.1, -0.05) is 6.92 Å². The number of carbonyl (C=O) groups is 1. The van der Waals surface area contributed by atoms with E-state index in [1.807, 2.05) is 6.92 Å². The van der Waals surface area contributed by atoms with Gasteiger partial charge in [0.05, 0.1) is 4.92 Å². The normalized spacial score (nSPS) is 11.7. The Bertz CT molecular complexity index is 472. The zero-order valence-electron chi connectivity index (χ0n) is 11.0. The SMILES string of the molecule is CCC(CN)Nc1cc(C(=O)NC)ccc1[N+](=O)[O-]. The van der Waals surface area contributed by atoms with Gasteiger partial charge in [-0.2, -0.15) is 0 Å². The van der Waals surface area contributed by atoms with E-state index in [2.05, 4.69) is 10.6 Å². The van der Waals surface area contributed by atoms with Gasteiger partial charge in [-0.05, 0) is 18.6 Å². The third-order valence-corrected chi connectivity index (χ3v) is 2.82. The Kier molecular flexibility index (Phi) is 5.25. The van der Waals surface area contributed by atoms with E-state index in [0.717, 1.165) is 6.42 Å². The summed E-state index contributed by atoms with van der Waals surface area (Å²) in [6.07, 6.45) is 0.734. The van der Waals surface area contributed by atoms with Crippen molar-refractivity contribution < 1.29 is 9.72 Å². The molecule has 1 rings (SSSR count). The number of rotatable bonds is 6. The van der Waals surface area contributed by atoms with Crippen LogP contribution in [0.3, 0.4) is 0 Å². The van der Waals surface area contributed by atoms with Crippen LogP contribution in [-0.2, 0) is 0 Å². The van der Waals surface area contributed by atoms with E-state index in [9.17, 15) is 14.9 Å². The van der Waals surface area contributed by atoms with E-state index in [-0.39, 0.29) is 17.6 Å². The number of amides is 1. The summed E-state index contributed by atoms with van der Waals surface area (Å²) in [6.45, 7) is 2.29. The van der Waals surface area contributed by atoms with Gasteiger partial charge in [0, 0.05) is 31.3 Å². The van der Waals surface area contributed by atoms with Crippen LogP contribution < -0.4 is 16.4 Å². The number of nitro benzene ring substituents is 1. The number of nitrogens with zero attached hydrogens (tertiary/aromatic N) is 1. The highest BCUT2D eigenvalue weighted by Gasteiger charge is 2.18. The van der Waals surface area contributed by atoms with E-state index in [0.29, 0.717) is 17.8 Å². The van der Waals surface area contributed by atoms with Gasteiger partial charge in [0.15, 0.2) is 0 Å². The summed E-state index contributed by atoms with van der Waals surface area (Å²) >= 11 is 0. The van der Waals surface area contributed by atoms with Gasteiger partial charge < -0.3 is 16.4 Å². The highest BCUT2D eigenvalue weighted by Crippen LogP contribution is 2.26. The molecule has 7 nitrogen and oxygen atoms in total. The lowest BCUT2D eigenvalue weighted by Gasteiger charge is -2.16. The smallest absolute Gasteiger partial charge is 0.292 e. The van der Waals surface area contributed by atoms with Crippen LogP contribution in [0.2, 0.25) is 0 Å². The second-order valence-corrected chi connectivity index (χ2v) is 4.05. The van der Waals surface area contributed by atoms with Crippen LogP contribution in [0, 0.1) is 10.1 Å². The second kappa shape index (κ2) is 6.69. The molecule has 0 heterocycles. The monoisotopic (exact) mass is 266 g/mol. The number of benzene rings is 1. The third-order valence-electron chi connectivity index (χ3n) is 2.82. The van der Waals surface area contributed by atoms with Crippen LogP contribution in [0.15, 0.2) is 18.2 Å². The first kappa shape index (κ1) is 14.9. The fourth-order valence-corrected chi connectivity index (χ4v) is 1.64. The molecule has 1 aromatic rings. The van der Waals surface area contributed by atoms with Gasteiger partial charge >= 0.3 is 0 Å². The Morgan fingerprint density at radius 1 is 1.53 bits per heavy atom. The molecule has 1 unspecified atom stereocenters. The first-order valence-electron chi connectivity index (χ1n) is 6.00. The van der Waals surface area contributed by atoms with Crippen molar-refractivity contribution in [3.63, 3.8) is 0 Å². The average Bonchev–Trinajstić information content (AvgIpc) is 2.43. The third kappa shape index (κ3) is 3.65. The summed E-state index contributed by atoms with van der Waals surface area (Å²) in [7, 11) is 1.51. The van der Waals surface area contributed by atoms with Crippen molar-refractivity contribution in [2.75, 3.05) is 18.9 Å². The van der Waals surface area contributed by atoms with Crippen molar-refractivity contribution in [2.24, 2.45) is 5.73 Å². The molecule has 0 radical (unpaired) electrons. The number of nitro groups is 1. The second-order valence-electron chi connectivity index (χ2n) is 4.05. The van der Waals surface area contributed by atoms with Crippen LogP contribution in [-0.4, -0.2) is 30.5 Å². The van der Waals surface area contributed by atoms with Gasteiger partial charge in [0.2, 0.25) is 0 Å². The van der Waals surface area contributed by atoms with Crippen LogP contribution in [0.5, 0.6) is 0 Å². The fraction of sp³-hybridized carbons (Fsp3) is 0.417. The zero-order valence-corrected chi connectivity index (χ0v) is 11.0. The standard InChI is InChI=1S/C12H18N4O3/c1-3-9(7-13)15-10-6-8(12(17)14-2)4-5-11(10)16(18)19/h4-6,9,15H,3,7,13H2,1-2H3,(H,14,17). The average molecular weight is 266 g/mol. The van der Waals surface area contributed by atoms with Gasteiger partial charge in [-0.25, -0.2) is 0 Å². The van der Waals surface area contributed by atoms with E-state index in [1.54, 1.807) is 0 Å². The summed E-state index contributed by atoms with van der Waals surface area (Å²) in [5.74, 6) is -0.293. The highest BCUT2D eigenvalue weighted by molar-refractivity contribution is 5.95. The maximum Gasteiger partial charge on any atom is 0.292 e. The number of hydrogen-bond acceptors (Lipinski definition) is 5. The van der Waals surface area contributed by atoms with E-state index >= 15 is 0 Å². The van der Waals surface area contributed by atoms with Gasteiger partial charge in [-0.15, -0.1) is 0 Å². The predicted octanol–water partition coefficient (Wildman–Crippen LogP) is 1.10. The molecule has 104 valence electrons. The Balaban J connectivity index is 3.15. The van der Waals surface area contributed by atoms with Gasteiger partial charge in [0.25, 0.3) is 11.6 Å². The lowest BCUT2D eigenvalue weighted by molar-refractivity contribution is -0.384. The minimum Gasteiger partial charge on any atom is -0.375 e. The molecule has 0 bridgehead atoms. The molecule has 0 saturated heterocycles. The Hall–Kier alpha value is -2.15. The van der Waals surface area contributed by atoms with Gasteiger partial charge in [-0.3, -0.25) is 14.9 Å². The molecular weight excluding hydrogens is 248 g/mol. The van der Waals surface area contributed by atoms with E-state index in [4.69, 9.17) is 5.73 Å². The summed E-state index contributed by atoms with van der Waals surface area (Å²) in [4.78, 5) is 22.0. The predicted molar refractivity (Wildman–Crippen MR) is 73.2 cm³/mol. The molecule has 0 aliphatic rings. The molecule has 4 N–H and O–H groups in total. The summed E-state index contributed by atoms with van der Waals surface area (Å²) in [6, 6.07) is 4.13. The number of carbonyl (C=O) groups excluding carboxylic acids is 1. The molecular formula is C12H18N4O3. The van der Waals surface area contributed by atoms with Crippen molar-refractivity contribution in [3.05, 3.63) is 33.9 Å². The van der Waals surface area contributed by atoms with Crippen molar-refractivity contribution >= 4 is 17.3 Å². The van der Waals surface area contributed by atoms with Crippen LogP contribution in [0.1, 0.15) is 23.7 Å². The van der Waals surface area contributed by atoms with E-state index < -0.39 is 4.92 Å². The molecule has 0 aliphatic carbocycles. The van der Waals surface area contributed by atoms with Crippen molar-refractivity contribution in [1.82, 2.24) is 5.32 Å². The number of nitrogens with one attached hydrogen (secondary N) is 2. The Morgan fingerprint density at radius 3 is 2.68 bits per heavy atom. The quantitative estimate of drug-likeness (QED) is 0.527. The molecule has 0 saturated carbocycles. The molecule has 7 heteroatoms. The zero-order chi connectivity index (χ0) is 14.4. The molecule has 0 spiro atoms. The maximum absolute atomic E-state index is 11.5. The van der Waals surface area contributed by atoms with Crippen molar-refractivity contribution in [1.29, 1.82) is 0 Å². The Morgan fingerprint density at radius 2 is 2.21 bits per heavy atom. The minimum atomic E-state index is -0.487. The molecule has 1 amide bonds. The first-order chi connectivity index (χ1) is 9.03. The lowest BCUT2D eigenvalue weighted by atomic mass is 10.1. The topological polar surface area (TPSA) is 110 Å². The van der Waals surface area contributed by atoms with E-state index in [1.165, 1.54) is 25.2 Å².